The number of hydrogen-bond acceptors (Lipinski definition) is 8. The Labute approximate surface area is 270 Å². The van der Waals surface area contributed by atoms with E-state index < -0.39 is 22.8 Å². The van der Waals surface area contributed by atoms with Crippen molar-refractivity contribution >= 4 is 52.0 Å². The van der Waals surface area contributed by atoms with Crippen LogP contribution in [-0.2, 0) is 20.9 Å². The number of hydrogen-bond donors (Lipinski definition) is 3. The smallest absolute Gasteiger partial charge is 0.338 e. The van der Waals surface area contributed by atoms with Gasteiger partial charge in [0.1, 0.15) is 5.75 Å². The van der Waals surface area contributed by atoms with Gasteiger partial charge in [0.15, 0.2) is 11.7 Å². The van der Waals surface area contributed by atoms with Crippen LogP contribution in [0, 0.1) is 17.0 Å². The van der Waals surface area contributed by atoms with Crippen molar-refractivity contribution in [1.29, 1.82) is 0 Å². The number of non-ortho nitro benzene ring substituents is 1. The molecule has 1 aromatic heterocycles. The molecule has 1 atom stereocenters. The van der Waals surface area contributed by atoms with Crippen LogP contribution < -0.4 is 20.8 Å². The Morgan fingerprint density at radius 2 is 1.80 bits per heavy atom. The van der Waals surface area contributed by atoms with Gasteiger partial charge in [-0.05, 0) is 50.7 Å². The quantitative estimate of drug-likeness (QED) is 0.0692. The van der Waals surface area contributed by atoms with Gasteiger partial charge in [-0.25, -0.2) is 10.2 Å². The van der Waals surface area contributed by atoms with Gasteiger partial charge >= 0.3 is 5.97 Å². The third kappa shape index (κ3) is 6.89. The standard InChI is InChI=1S/C33H32N6O6S/c1-4-44-32(41)30-20(2)35-33(46)36-31(30)25-10-6-8-12-28(25)45-19-29(40)37-34-17-26-21(3)38(27-11-7-5-9-24(26)27)18-22-13-15-23(16-14-22)39(42)43/h5-17,31H,4,18-19H2,1-3H3,(H,37,40)(H2,35,36,46)/t31-/m0/s1. The number of allylic oxidation sites excluding steroid dienone is 1. The molecular formula is C33H32N6O6S. The molecule has 3 N–H and O–H groups in total. The molecule has 0 radical (unpaired) electrons. The predicted molar refractivity (Wildman–Crippen MR) is 177 cm³/mol. The van der Waals surface area contributed by atoms with Gasteiger partial charge in [0, 0.05) is 52.1 Å². The zero-order valence-electron chi connectivity index (χ0n) is 25.4. The monoisotopic (exact) mass is 640 g/mol. The van der Waals surface area contributed by atoms with Crippen molar-refractivity contribution in [1.82, 2.24) is 20.6 Å². The van der Waals surface area contributed by atoms with Crippen LogP contribution >= 0.6 is 12.2 Å². The fraction of sp³-hybridized carbons (Fsp3) is 0.212. The lowest BCUT2D eigenvalue weighted by Gasteiger charge is -2.30. The van der Waals surface area contributed by atoms with E-state index in [4.69, 9.17) is 21.7 Å². The van der Waals surface area contributed by atoms with Crippen LogP contribution in [0.1, 0.15) is 42.3 Å². The molecule has 236 valence electrons. The summed E-state index contributed by atoms with van der Waals surface area (Å²) in [4.78, 5) is 36.2. The molecule has 0 fully saturated rings. The lowest BCUT2D eigenvalue weighted by Crippen LogP contribution is -2.45. The molecule has 1 aliphatic heterocycles. The number of hydrazone groups is 1. The number of nitro benzene ring substituents is 1. The Morgan fingerprint density at radius 1 is 1.09 bits per heavy atom. The van der Waals surface area contributed by atoms with Crippen LogP contribution in [0.2, 0.25) is 0 Å². The van der Waals surface area contributed by atoms with Crippen molar-refractivity contribution in [2.45, 2.75) is 33.4 Å². The number of thiocarbonyl (C=S) groups is 1. The molecule has 0 aliphatic carbocycles. The number of aromatic nitrogens is 1. The van der Waals surface area contributed by atoms with E-state index in [-0.39, 0.29) is 18.9 Å². The fourth-order valence-electron chi connectivity index (χ4n) is 5.33. The normalized spacial score (nSPS) is 14.6. The van der Waals surface area contributed by atoms with E-state index >= 15 is 0 Å². The summed E-state index contributed by atoms with van der Waals surface area (Å²) >= 11 is 5.33. The summed E-state index contributed by atoms with van der Waals surface area (Å²) in [6, 6.07) is 20.7. The van der Waals surface area contributed by atoms with Crippen molar-refractivity contribution < 1.29 is 24.0 Å². The molecule has 4 aromatic rings. The molecule has 5 rings (SSSR count). The summed E-state index contributed by atoms with van der Waals surface area (Å²) in [5, 5.41) is 22.6. The number of rotatable bonds is 11. The van der Waals surface area contributed by atoms with Crippen LogP contribution in [0.25, 0.3) is 10.9 Å². The number of para-hydroxylation sites is 2. The molecule has 46 heavy (non-hydrogen) atoms. The number of ether oxygens (including phenoxy) is 2. The molecule has 3 aromatic carbocycles. The average molecular weight is 641 g/mol. The number of esters is 1. The van der Waals surface area contributed by atoms with Gasteiger partial charge in [-0.15, -0.1) is 0 Å². The first-order valence-corrected chi connectivity index (χ1v) is 14.9. The Morgan fingerprint density at radius 3 is 2.54 bits per heavy atom. The van der Waals surface area contributed by atoms with Gasteiger partial charge in [0.05, 0.1) is 29.4 Å². The predicted octanol–water partition coefficient (Wildman–Crippen LogP) is 4.79. The van der Waals surface area contributed by atoms with E-state index in [1.807, 2.05) is 31.2 Å². The molecule has 0 bridgehead atoms. The third-order valence-electron chi connectivity index (χ3n) is 7.50. The number of benzene rings is 3. The zero-order chi connectivity index (χ0) is 32.8. The van der Waals surface area contributed by atoms with Gasteiger partial charge in [-0.1, -0.05) is 48.5 Å². The Bertz CT molecular complexity index is 1880. The topological polar surface area (TPSA) is 149 Å². The minimum absolute atomic E-state index is 0.0364. The van der Waals surface area contributed by atoms with Crippen molar-refractivity contribution in [3.05, 3.63) is 117 Å². The second-order valence-corrected chi connectivity index (χ2v) is 10.8. The summed E-state index contributed by atoms with van der Waals surface area (Å²) in [5.74, 6) is -0.577. The number of amides is 1. The van der Waals surface area contributed by atoms with E-state index in [2.05, 4.69) is 25.7 Å². The highest BCUT2D eigenvalue weighted by Gasteiger charge is 2.32. The maximum atomic E-state index is 12.8. The second-order valence-electron chi connectivity index (χ2n) is 10.4. The van der Waals surface area contributed by atoms with Crippen LogP contribution in [0.3, 0.4) is 0 Å². The van der Waals surface area contributed by atoms with Gasteiger partial charge in [-0.3, -0.25) is 14.9 Å². The highest BCUT2D eigenvalue weighted by Crippen LogP contribution is 2.33. The summed E-state index contributed by atoms with van der Waals surface area (Å²) in [6.07, 6.45) is 1.59. The maximum Gasteiger partial charge on any atom is 0.338 e. The van der Waals surface area contributed by atoms with E-state index in [0.29, 0.717) is 34.2 Å². The summed E-state index contributed by atoms with van der Waals surface area (Å²) in [5.41, 5.74) is 7.72. The third-order valence-corrected chi connectivity index (χ3v) is 7.72. The van der Waals surface area contributed by atoms with Gasteiger partial charge in [0.25, 0.3) is 11.6 Å². The maximum absolute atomic E-state index is 12.8. The Kier molecular flexibility index (Phi) is 9.72. The molecule has 2 heterocycles. The summed E-state index contributed by atoms with van der Waals surface area (Å²) in [6.45, 7) is 5.82. The molecular weight excluding hydrogens is 608 g/mol. The SMILES string of the molecule is CCOC(=O)C1=C(C)NC(=S)N[C@H]1c1ccccc1OCC(=O)NN=Cc1c(C)n(Cc2ccc([N+](=O)[O-])cc2)c2ccccc12. The first-order valence-electron chi connectivity index (χ1n) is 14.5. The molecule has 12 nitrogen and oxygen atoms in total. The van der Waals surface area contributed by atoms with Gasteiger partial charge in [-0.2, -0.15) is 5.10 Å². The first kappa shape index (κ1) is 31.9. The minimum Gasteiger partial charge on any atom is -0.483 e. The summed E-state index contributed by atoms with van der Waals surface area (Å²) in [7, 11) is 0. The van der Waals surface area contributed by atoms with Crippen LogP contribution in [-0.4, -0.2) is 45.9 Å². The number of carbonyl (C=O) groups excluding carboxylic acids is 2. The average Bonchev–Trinajstić information content (AvgIpc) is 3.30. The minimum atomic E-state index is -0.642. The number of fused-ring (bicyclic) bond motifs is 1. The van der Waals surface area contributed by atoms with E-state index in [1.54, 1.807) is 56.5 Å². The molecule has 1 aliphatic rings. The second kappa shape index (κ2) is 14.0. The molecule has 13 heteroatoms. The van der Waals surface area contributed by atoms with Crippen molar-refractivity contribution in [2.24, 2.45) is 5.10 Å². The highest BCUT2D eigenvalue weighted by molar-refractivity contribution is 7.80. The van der Waals surface area contributed by atoms with Gasteiger partial charge in [0.2, 0.25) is 0 Å². The lowest BCUT2D eigenvalue weighted by molar-refractivity contribution is -0.384. The zero-order valence-corrected chi connectivity index (χ0v) is 26.2. The molecule has 0 spiro atoms. The number of nitrogens with one attached hydrogen (secondary N) is 3. The Hall–Kier alpha value is -5.56. The molecule has 0 saturated heterocycles. The van der Waals surface area contributed by atoms with E-state index in [0.717, 1.165) is 27.7 Å². The van der Waals surface area contributed by atoms with Crippen LogP contribution in [0.5, 0.6) is 5.75 Å². The van der Waals surface area contributed by atoms with Crippen LogP contribution in [0.4, 0.5) is 5.69 Å². The lowest BCUT2D eigenvalue weighted by atomic mass is 9.95. The largest absolute Gasteiger partial charge is 0.483 e. The van der Waals surface area contributed by atoms with E-state index in [1.165, 1.54) is 12.1 Å². The fourth-order valence-corrected chi connectivity index (χ4v) is 5.60. The van der Waals surface area contributed by atoms with Gasteiger partial charge < -0.3 is 24.7 Å². The number of carbonyl (C=O) groups is 2. The van der Waals surface area contributed by atoms with Crippen LogP contribution in [0.15, 0.2) is 89.2 Å². The molecule has 1 amide bonds. The molecule has 0 saturated carbocycles. The van der Waals surface area contributed by atoms with Crippen molar-refractivity contribution in [3.63, 3.8) is 0 Å². The number of nitro groups is 1. The van der Waals surface area contributed by atoms with E-state index in [9.17, 15) is 19.7 Å². The first-order chi connectivity index (χ1) is 22.2. The van der Waals surface area contributed by atoms with Crippen molar-refractivity contribution in [2.75, 3.05) is 13.2 Å². The number of nitrogens with zero attached hydrogens (tertiary/aromatic N) is 3. The van der Waals surface area contributed by atoms with Crippen molar-refractivity contribution in [3.8, 4) is 5.75 Å². The highest BCUT2D eigenvalue weighted by atomic mass is 32.1. The summed E-state index contributed by atoms with van der Waals surface area (Å²) < 4.78 is 13.3. The Balaban J connectivity index is 1.29. The molecule has 0 unspecified atom stereocenters.